The van der Waals surface area contributed by atoms with Crippen molar-refractivity contribution in [2.24, 2.45) is 0 Å². The van der Waals surface area contributed by atoms with Crippen LogP contribution in [0.25, 0.3) is 0 Å². The van der Waals surface area contributed by atoms with Crippen LogP contribution in [0.1, 0.15) is 11.1 Å². The van der Waals surface area contributed by atoms with Crippen molar-refractivity contribution in [1.82, 2.24) is 0 Å². The molecular formula is C22H16Cl3F3N2O3S. The molecule has 3 aromatic rings. The van der Waals surface area contributed by atoms with Crippen molar-refractivity contribution < 1.29 is 26.4 Å². The van der Waals surface area contributed by atoms with Gasteiger partial charge in [0.25, 0.3) is 10.0 Å². The van der Waals surface area contributed by atoms with Gasteiger partial charge in [0, 0.05) is 0 Å². The Morgan fingerprint density at radius 2 is 1.53 bits per heavy atom. The minimum atomic E-state index is -4.66. The fourth-order valence-electron chi connectivity index (χ4n) is 2.91. The maximum atomic E-state index is 13.4. The van der Waals surface area contributed by atoms with Crippen LogP contribution in [0.3, 0.4) is 0 Å². The first-order valence-corrected chi connectivity index (χ1v) is 12.1. The average Bonchev–Trinajstić information content (AvgIpc) is 2.75. The lowest BCUT2D eigenvalue weighted by Gasteiger charge is -2.24. The molecule has 0 heterocycles. The molecule has 0 aliphatic carbocycles. The largest absolute Gasteiger partial charge is 0.416 e. The summed E-state index contributed by atoms with van der Waals surface area (Å²) < 4.78 is 66.7. The number of nitrogens with zero attached hydrogens (tertiary/aromatic N) is 1. The third kappa shape index (κ3) is 5.96. The van der Waals surface area contributed by atoms with Gasteiger partial charge in [0.15, 0.2) is 0 Å². The molecular weight excluding hydrogens is 536 g/mol. The van der Waals surface area contributed by atoms with Crippen LogP contribution in [0.4, 0.5) is 24.5 Å². The Kier molecular flexibility index (Phi) is 7.72. The van der Waals surface area contributed by atoms with Gasteiger partial charge in [-0.2, -0.15) is 13.2 Å². The van der Waals surface area contributed by atoms with Gasteiger partial charge in [0.05, 0.1) is 36.9 Å². The van der Waals surface area contributed by atoms with Gasteiger partial charge in [-0.05, 0) is 55.5 Å². The fraction of sp³-hybridized carbons (Fsp3) is 0.136. The van der Waals surface area contributed by atoms with E-state index < -0.39 is 34.2 Å². The van der Waals surface area contributed by atoms with E-state index in [-0.39, 0.29) is 31.3 Å². The number of halogens is 6. The highest BCUT2D eigenvalue weighted by molar-refractivity contribution is 7.92. The van der Waals surface area contributed by atoms with Gasteiger partial charge in [0.2, 0.25) is 5.91 Å². The van der Waals surface area contributed by atoms with Crippen molar-refractivity contribution in [3.63, 3.8) is 0 Å². The van der Waals surface area contributed by atoms with Crippen molar-refractivity contribution in [3.8, 4) is 0 Å². The van der Waals surface area contributed by atoms with Crippen LogP contribution in [0, 0.1) is 6.92 Å². The van der Waals surface area contributed by atoms with Gasteiger partial charge in [-0.3, -0.25) is 9.10 Å². The first-order valence-electron chi connectivity index (χ1n) is 9.50. The summed E-state index contributed by atoms with van der Waals surface area (Å²) in [4.78, 5) is 12.7. The number of anilines is 2. The molecule has 3 rings (SSSR count). The summed E-state index contributed by atoms with van der Waals surface area (Å²) >= 11 is 17.9. The fourth-order valence-corrected chi connectivity index (χ4v) is 4.78. The molecule has 0 saturated heterocycles. The molecule has 0 unspecified atom stereocenters. The normalized spacial score (nSPS) is 11.9. The Hall–Kier alpha value is -2.46. The standard InChI is InChI=1S/C22H16Cl3F3N2O3S/c1-13-2-6-16(7-3-13)34(32,33)30(15-5-9-17(23)19(25)11-15)12-21(31)29-20-10-14(22(26,27)28)4-8-18(20)24/h2-11H,12H2,1H3,(H,29,31). The minimum absolute atomic E-state index is 0.0280. The van der Waals surface area contributed by atoms with E-state index in [0.717, 1.165) is 22.0 Å². The maximum absolute atomic E-state index is 13.4. The third-order valence-electron chi connectivity index (χ3n) is 4.66. The summed E-state index contributed by atoms with van der Waals surface area (Å²) in [5.41, 5.74) is -0.499. The highest BCUT2D eigenvalue weighted by Gasteiger charge is 2.32. The molecule has 5 nitrogen and oxygen atoms in total. The predicted molar refractivity (Wildman–Crippen MR) is 127 cm³/mol. The number of hydrogen-bond donors (Lipinski definition) is 1. The number of alkyl halides is 3. The van der Waals surface area contributed by atoms with Crippen LogP contribution in [-0.4, -0.2) is 20.9 Å². The molecule has 0 atom stereocenters. The zero-order valence-corrected chi connectivity index (χ0v) is 20.4. The van der Waals surface area contributed by atoms with E-state index in [9.17, 15) is 26.4 Å². The number of carbonyl (C=O) groups is 1. The molecule has 34 heavy (non-hydrogen) atoms. The molecule has 0 aliphatic rings. The van der Waals surface area contributed by atoms with E-state index in [1.54, 1.807) is 19.1 Å². The van der Waals surface area contributed by atoms with Crippen molar-refractivity contribution in [1.29, 1.82) is 0 Å². The topological polar surface area (TPSA) is 66.5 Å². The molecule has 3 aromatic carbocycles. The summed E-state index contributed by atoms with van der Waals surface area (Å²) in [6.07, 6.45) is -4.66. The minimum Gasteiger partial charge on any atom is -0.323 e. The van der Waals surface area contributed by atoms with E-state index in [2.05, 4.69) is 5.32 Å². The van der Waals surface area contributed by atoms with E-state index in [1.165, 1.54) is 30.3 Å². The molecule has 180 valence electrons. The summed E-state index contributed by atoms with van der Waals surface area (Å²) in [5, 5.41) is 2.31. The molecule has 0 bridgehead atoms. The van der Waals surface area contributed by atoms with Crippen molar-refractivity contribution in [2.45, 2.75) is 18.0 Å². The molecule has 0 spiro atoms. The highest BCUT2D eigenvalue weighted by atomic mass is 35.5. The van der Waals surface area contributed by atoms with Crippen LogP contribution < -0.4 is 9.62 Å². The van der Waals surface area contributed by atoms with Crippen LogP contribution >= 0.6 is 34.8 Å². The molecule has 12 heteroatoms. The van der Waals surface area contributed by atoms with Gasteiger partial charge in [-0.1, -0.05) is 52.5 Å². The average molecular weight is 552 g/mol. The second-order valence-corrected chi connectivity index (χ2v) is 10.2. The molecule has 1 amide bonds. The monoisotopic (exact) mass is 550 g/mol. The second kappa shape index (κ2) is 10.0. The number of hydrogen-bond acceptors (Lipinski definition) is 3. The van der Waals surface area contributed by atoms with Gasteiger partial charge in [0.1, 0.15) is 6.54 Å². The van der Waals surface area contributed by atoms with Crippen LogP contribution in [-0.2, 0) is 21.0 Å². The lowest BCUT2D eigenvalue weighted by molar-refractivity contribution is -0.137. The molecule has 0 saturated carbocycles. The quantitative estimate of drug-likeness (QED) is 0.366. The maximum Gasteiger partial charge on any atom is 0.416 e. The number of amides is 1. The van der Waals surface area contributed by atoms with Crippen molar-refractivity contribution in [3.05, 3.63) is 86.9 Å². The Morgan fingerprint density at radius 1 is 0.912 bits per heavy atom. The SMILES string of the molecule is Cc1ccc(S(=O)(=O)N(CC(=O)Nc2cc(C(F)(F)F)ccc2Cl)c2ccc(Cl)c(Cl)c2)cc1. The van der Waals surface area contributed by atoms with Gasteiger partial charge >= 0.3 is 6.18 Å². The van der Waals surface area contributed by atoms with Crippen LogP contribution in [0.5, 0.6) is 0 Å². The molecule has 0 radical (unpaired) electrons. The highest BCUT2D eigenvalue weighted by Crippen LogP contribution is 2.34. The number of rotatable bonds is 6. The molecule has 0 aromatic heterocycles. The zero-order chi connectivity index (χ0) is 25.3. The number of carbonyl (C=O) groups excluding carboxylic acids is 1. The molecule has 0 fully saturated rings. The number of aryl methyl sites for hydroxylation is 1. The lowest BCUT2D eigenvalue weighted by atomic mass is 10.2. The Bertz CT molecular complexity index is 1330. The van der Waals surface area contributed by atoms with Crippen LogP contribution in [0.2, 0.25) is 15.1 Å². The van der Waals surface area contributed by atoms with E-state index >= 15 is 0 Å². The third-order valence-corrected chi connectivity index (χ3v) is 7.51. The van der Waals surface area contributed by atoms with Crippen molar-refractivity contribution in [2.75, 3.05) is 16.2 Å². The van der Waals surface area contributed by atoms with Gasteiger partial charge in [-0.15, -0.1) is 0 Å². The van der Waals surface area contributed by atoms with Crippen LogP contribution in [0.15, 0.2) is 65.6 Å². The predicted octanol–water partition coefficient (Wildman–Crippen LogP) is 6.81. The summed E-state index contributed by atoms with van der Waals surface area (Å²) in [5.74, 6) is -0.928. The van der Waals surface area contributed by atoms with E-state index in [1.807, 2.05) is 0 Å². The lowest BCUT2D eigenvalue weighted by Crippen LogP contribution is -2.38. The smallest absolute Gasteiger partial charge is 0.323 e. The number of nitrogens with one attached hydrogen (secondary N) is 1. The first kappa shape index (κ1) is 26.2. The Balaban J connectivity index is 1.98. The first-order chi connectivity index (χ1) is 15.8. The van der Waals surface area contributed by atoms with Gasteiger partial charge < -0.3 is 5.32 Å². The summed E-state index contributed by atoms with van der Waals surface area (Å²) in [6, 6.07) is 12.3. The van der Waals surface area contributed by atoms with Crippen molar-refractivity contribution >= 4 is 62.1 Å². The second-order valence-electron chi connectivity index (χ2n) is 7.16. The summed E-state index contributed by atoms with van der Waals surface area (Å²) in [7, 11) is -4.27. The van der Waals surface area contributed by atoms with Gasteiger partial charge in [-0.25, -0.2) is 8.42 Å². The number of sulfonamides is 1. The molecule has 0 aliphatic heterocycles. The van der Waals surface area contributed by atoms with E-state index in [4.69, 9.17) is 34.8 Å². The number of benzene rings is 3. The Morgan fingerprint density at radius 3 is 2.12 bits per heavy atom. The Labute approximate surface area is 209 Å². The summed E-state index contributed by atoms with van der Waals surface area (Å²) in [6.45, 7) is 1.00. The van der Waals surface area contributed by atoms with E-state index in [0.29, 0.717) is 6.07 Å². The molecule has 1 N–H and O–H groups in total. The zero-order valence-electron chi connectivity index (χ0n) is 17.3.